The van der Waals surface area contributed by atoms with Crippen molar-refractivity contribution >= 4 is 28.2 Å². The maximum absolute atomic E-state index is 11.6. The number of hydrogen-bond acceptors (Lipinski definition) is 3. The Balaban J connectivity index is 2.59. The second-order valence-electron chi connectivity index (χ2n) is 3.48. The molecule has 0 saturated carbocycles. The van der Waals surface area contributed by atoms with Crippen LogP contribution in [-0.4, -0.2) is 18.4 Å². The molecule has 1 rings (SSSR count). The van der Waals surface area contributed by atoms with E-state index in [0.717, 1.165) is 5.57 Å². The van der Waals surface area contributed by atoms with Gasteiger partial charge >= 0.3 is 0 Å². The smallest absolute Gasteiger partial charge is 0.261 e. The van der Waals surface area contributed by atoms with Crippen molar-refractivity contribution in [1.82, 2.24) is 5.32 Å². The molecular weight excluding hydrogens is 224 g/mol. The number of nitrogens with one attached hydrogen (secondary N) is 2. The summed E-state index contributed by atoms with van der Waals surface area (Å²) in [4.78, 5) is 23.0. The van der Waals surface area contributed by atoms with Crippen molar-refractivity contribution in [3.63, 3.8) is 0 Å². The fourth-order valence-electron chi connectivity index (χ4n) is 1.02. The van der Waals surface area contributed by atoms with Gasteiger partial charge in [0.25, 0.3) is 5.91 Å². The molecule has 4 nitrogen and oxygen atoms in total. The first-order valence-electron chi connectivity index (χ1n) is 4.79. The highest BCUT2D eigenvalue weighted by Gasteiger charge is 2.08. The molecule has 0 unspecified atom stereocenters. The molecule has 0 aromatic carbocycles. The summed E-state index contributed by atoms with van der Waals surface area (Å²) in [6.45, 7) is 7.44. The van der Waals surface area contributed by atoms with Gasteiger partial charge in [-0.05, 0) is 19.1 Å². The van der Waals surface area contributed by atoms with Crippen molar-refractivity contribution in [2.75, 3.05) is 11.9 Å². The molecule has 1 aromatic rings. The standard InChI is InChI=1S/C11H14N2O2S/c1-7(2)6-12-11(15)9-4-5-10(16-9)13-8(3)14/h4-5H,1,6H2,2-3H3,(H,12,15)(H,13,14). The number of carbonyl (C=O) groups is 2. The molecule has 2 amide bonds. The average molecular weight is 238 g/mol. The molecule has 5 heteroatoms. The molecule has 86 valence electrons. The molecule has 0 aliphatic rings. The van der Waals surface area contributed by atoms with Crippen molar-refractivity contribution in [3.05, 3.63) is 29.2 Å². The maximum atomic E-state index is 11.6. The molecule has 0 aliphatic carbocycles. The number of rotatable bonds is 4. The zero-order valence-corrected chi connectivity index (χ0v) is 10.1. The Bertz CT molecular complexity index is 423. The molecule has 0 saturated heterocycles. The molecule has 0 radical (unpaired) electrons. The Morgan fingerprint density at radius 1 is 1.38 bits per heavy atom. The Labute approximate surface area is 98.4 Å². The highest BCUT2D eigenvalue weighted by atomic mass is 32.1. The topological polar surface area (TPSA) is 58.2 Å². The number of hydrogen-bond donors (Lipinski definition) is 2. The maximum Gasteiger partial charge on any atom is 0.261 e. The Kier molecular flexibility index (Phi) is 4.25. The van der Waals surface area contributed by atoms with Crippen LogP contribution in [0, 0.1) is 0 Å². The van der Waals surface area contributed by atoms with Gasteiger partial charge in [-0.1, -0.05) is 12.2 Å². The minimum absolute atomic E-state index is 0.143. The van der Waals surface area contributed by atoms with Crippen LogP contribution >= 0.6 is 11.3 Å². The highest BCUT2D eigenvalue weighted by molar-refractivity contribution is 7.18. The summed E-state index contributed by atoms with van der Waals surface area (Å²) in [5, 5.41) is 6.03. The summed E-state index contributed by atoms with van der Waals surface area (Å²) in [7, 11) is 0. The largest absolute Gasteiger partial charge is 0.348 e. The van der Waals surface area contributed by atoms with Gasteiger partial charge in [0.2, 0.25) is 5.91 Å². The van der Waals surface area contributed by atoms with Crippen LogP contribution in [0.3, 0.4) is 0 Å². The summed E-state index contributed by atoms with van der Waals surface area (Å²) in [6, 6.07) is 3.39. The van der Waals surface area contributed by atoms with E-state index in [-0.39, 0.29) is 11.8 Å². The van der Waals surface area contributed by atoms with E-state index in [1.165, 1.54) is 18.3 Å². The lowest BCUT2D eigenvalue weighted by molar-refractivity contribution is -0.114. The number of carbonyl (C=O) groups excluding carboxylic acids is 2. The molecule has 0 atom stereocenters. The molecule has 0 fully saturated rings. The third-order valence-corrected chi connectivity index (χ3v) is 2.68. The predicted octanol–water partition coefficient (Wildman–Crippen LogP) is 2.01. The summed E-state index contributed by atoms with van der Waals surface area (Å²) in [5.74, 6) is -0.291. The van der Waals surface area contributed by atoms with Gasteiger partial charge < -0.3 is 10.6 Å². The summed E-state index contributed by atoms with van der Waals surface area (Å²) < 4.78 is 0. The van der Waals surface area contributed by atoms with Gasteiger partial charge in [-0.25, -0.2) is 0 Å². The quantitative estimate of drug-likeness (QED) is 0.788. The SMILES string of the molecule is C=C(C)CNC(=O)c1ccc(NC(C)=O)s1. The highest BCUT2D eigenvalue weighted by Crippen LogP contribution is 2.21. The number of anilines is 1. The average Bonchev–Trinajstić information content (AvgIpc) is 2.61. The van der Waals surface area contributed by atoms with Crippen LogP contribution in [0.5, 0.6) is 0 Å². The van der Waals surface area contributed by atoms with Gasteiger partial charge in [0.15, 0.2) is 0 Å². The minimum Gasteiger partial charge on any atom is -0.348 e. The molecule has 2 N–H and O–H groups in total. The second-order valence-corrected chi connectivity index (χ2v) is 4.57. The predicted molar refractivity (Wildman–Crippen MR) is 65.8 cm³/mol. The van der Waals surface area contributed by atoms with Crippen LogP contribution in [0.1, 0.15) is 23.5 Å². The minimum atomic E-state index is -0.149. The van der Waals surface area contributed by atoms with Crippen LogP contribution in [0.15, 0.2) is 24.3 Å². The van der Waals surface area contributed by atoms with Gasteiger partial charge in [0, 0.05) is 13.5 Å². The molecule has 0 spiro atoms. The Morgan fingerprint density at radius 3 is 2.62 bits per heavy atom. The van der Waals surface area contributed by atoms with Crippen molar-refractivity contribution in [2.24, 2.45) is 0 Å². The van der Waals surface area contributed by atoms with Crippen LogP contribution in [0.2, 0.25) is 0 Å². The molecule has 1 aromatic heterocycles. The normalized spacial score (nSPS) is 9.62. The third kappa shape index (κ3) is 3.86. The molecule has 0 bridgehead atoms. The van der Waals surface area contributed by atoms with Gasteiger partial charge in [-0.15, -0.1) is 11.3 Å². The lowest BCUT2D eigenvalue weighted by atomic mass is 10.3. The van der Waals surface area contributed by atoms with E-state index >= 15 is 0 Å². The summed E-state index contributed by atoms with van der Waals surface area (Å²) in [6.07, 6.45) is 0. The Hall–Kier alpha value is -1.62. The van der Waals surface area contributed by atoms with Crippen LogP contribution < -0.4 is 10.6 Å². The van der Waals surface area contributed by atoms with E-state index in [1.54, 1.807) is 12.1 Å². The second kappa shape index (κ2) is 5.46. The number of amides is 2. The fourth-order valence-corrected chi connectivity index (χ4v) is 1.89. The van der Waals surface area contributed by atoms with Crippen molar-refractivity contribution in [1.29, 1.82) is 0 Å². The van der Waals surface area contributed by atoms with Crippen molar-refractivity contribution < 1.29 is 9.59 Å². The first-order chi connectivity index (χ1) is 7.49. The lowest BCUT2D eigenvalue weighted by Crippen LogP contribution is -2.23. The zero-order valence-electron chi connectivity index (χ0n) is 9.29. The zero-order chi connectivity index (χ0) is 12.1. The lowest BCUT2D eigenvalue weighted by Gasteiger charge is -2.01. The van der Waals surface area contributed by atoms with Crippen LogP contribution in [-0.2, 0) is 4.79 Å². The molecule has 1 heterocycles. The van der Waals surface area contributed by atoms with E-state index in [9.17, 15) is 9.59 Å². The van der Waals surface area contributed by atoms with Gasteiger partial charge in [-0.3, -0.25) is 9.59 Å². The Morgan fingerprint density at radius 2 is 2.06 bits per heavy atom. The monoisotopic (exact) mass is 238 g/mol. The van der Waals surface area contributed by atoms with Crippen LogP contribution in [0.4, 0.5) is 5.00 Å². The van der Waals surface area contributed by atoms with Crippen LogP contribution in [0.25, 0.3) is 0 Å². The van der Waals surface area contributed by atoms with Crippen molar-refractivity contribution in [3.8, 4) is 0 Å². The van der Waals surface area contributed by atoms with E-state index in [4.69, 9.17) is 0 Å². The molecule has 0 aliphatic heterocycles. The molecule has 16 heavy (non-hydrogen) atoms. The van der Waals surface area contributed by atoms with E-state index in [0.29, 0.717) is 16.4 Å². The van der Waals surface area contributed by atoms with Gasteiger partial charge in [0.1, 0.15) is 0 Å². The van der Waals surface area contributed by atoms with E-state index in [1.807, 2.05) is 6.92 Å². The van der Waals surface area contributed by atoms with E-state index < -0.39 is 0 Å². The third-order valence-electron chi connectivity index (χ3n) is 1.68. The van der Waals surface area contributed by atoms with Gasteiger partial charge in [-0.2, -0.15) is 0 Å². The molecular formula is C11H14N2O2S. The van der Waals surface area contributed by atoms with E-state index in [2.05, 4.69) is 17.2 Å². The first-order valence-corrected chi connectivity index (χ1v) is 5.60. The number of thiophene rings is 1. The summed E-state index contributed by atoms with van der Waals surface area (Å²) >= 11 is 1.25. The summed E-state index contributed by atoms with van der Waals surface area (Å²) in [5.41, 5.74) is 0.895. The fraction of sp³-hybridized carbons (Fsp3) is 0.273. The van der Waals surface area contributed by atoms with Crippen molar-refractivity contribution in [2.45, 2.75) is 13.8 Å². The first kappa shape index (κ1) is 12.4. The van der Waals surface area contributed by atoms with Gasteiger partial charge in [0.05, 0.1) is 9.88 Å².